The van der Waals surface area contributed by atoms with Gasteiger partial charge >= 0.3 is 0 Å². The van der Waals surface area contributed by atoms with Crippen LogP contribution in [0.5, 0.6) is 0 Å². The lowest BCUT2D eigenvalue weighted by atomic mass is 10.2. The molecule has 2 rings (SSSR count). The second kappa shape index (κ2) is 4.46. The van der Waals surface area contributed by atoms with Gasteiger partial charge in [0.1, 0.15) is 0 Å². The lowest BCUT2D eigenvalue weighted by Gasteiger charge is -1.91. The van der Waals surface area contributed by atoms with Crippen molar-refractivity contribution >= 4 is 10.8 Å². The molecule has 2 nitrogen and oxygen atoms in total. The van der Waals surface area contributed by atoms with E-state index in [0.29, 0.717) is 0 Å². The van der Waals surface area contributed by atoms with Crippen LogP contribution in [0.15, 0.2) is 42.7 Å². The van der Waals surface area contributed by atoms with Crippen LogP contribution in [0.4, 0.5) is 0 Å². The first kappa shape index (κ1) is 8.68. The summed E-state index contributed by atoms with van der Waals surface area (Å²) in [5.41, 5.74) is 0. The molecule has 1 N–H and O–H groups in total. The van der Waals surface area contributed by atoms with E-state index in [1.165, 1.54) is 10.8 Å². The van der Waals surface area contributed by atoms with Gasteiger partial charge in [-0.05, 0) is 16.8 Å². The van der Waals surface area contributed by atoms with Crippen molar-refractivity contribution in [3.05, 3.63) is 42.7 Å². The van der Waals surface area contributed by atoms with Gasteiger partial charge in [0.05, 0.1) is 0 Å². The Bertz CT molecular complexity index is 281. The van der Waals surface area contributed by atoms with Crippen molar-refractivity contribution in [3.8, 4) is 0 Å². The normalized spacial score (nSPS) is 8.83. The third-order valence-electron chi connectivity index (χ3n) is 1.55. The molecule has 0 radical (unpaired) electrons. The van der Waals surface area contributed by atoms with Crippen LogP contribution in [0.1, 0.15) is 0 Å². The van der Waals surface area contributed by atoms with Crippen molar-refractivity contribution in [1.82, 2.24) is 4.98 Å². The summed E-state index contributed by atoms with van der Waals surface area (Å²) < 4.78 is 0. The maximum atomic E-state index is 7.00. The Labute approximate surface area is 71.5 Å². The summed E-state index contributed by atoms with van der Waals surface area (Å²) in [5.74, 6) is 0. The van der Waals surface area contributed by atoms with E-state index < -0.39 is 0 Å². The number of rotatable bonds is 0. The summed E-state index contributed by atoms with van der Waals surface area (Å²) in [7, 11) is 1.00. The number of aliphatic hydroxyl groups is 1. The van der Waals surface area contributed by atoms with Crippen molar-refractivity contribution in [2.75, 3.05) is 7.11 Å². The quantitative estimate of drug-likeness (QED) is 0.639. The molecule has 0 saturated carbocycles. The predicted molar refractivity (Wildman–Crippen MR) is 49.9 cm³/mol. The lowest BCUT2D eigenvalue weighted by molar-refractivity contribution is 0.399. The highest BCUT2D eigenvalue weighted by atomic mass is 16.2. The van der Waals surface area contributed by atoms with Gasteiger partial charge < -0.3 is 5.11 Å². The van der Waals surface area contributed by atoms with Crippen LogP contribution in [0.25, 0.3) is 10.8 Å². The van der Waals surface area contributed by atoms with E-state index in [1.807, 2.05) is 30.6 Å². The van der Waals surface area contributed by atoms with Gasteiger partial charge in [-0.15, -0.1) is 0 Å². The van der Waals surface area contributed by atoms with Gasteiger partial charge in [-0.1, -0.05) is 24.3 Å². The second-order valence-electron chi connectivity index (χ2n) is 2.22. The zero-order valence-corrected chi connectivity index (χ0v) is 6.94. The molecule has 0 aliphatic heterocycles. The Balaban J connectivity index is 0.000000336. The smallest absolute Gasteiger partial charge is 0.0346 e. The maximum absolute atomic E-state index is 7.00. The minimum absolute atomic E-state index is 1.00. The van der Waals surface area contributed by atoms with Gasteiger partial charge in [0.15, 0.2) is 0 Å². The summed E-state index contributed by atoms with van der Waals surface area (Å²) in [6.45, 7) is 0. The molecular weight excluding hydrogens is 150 g/mol. The molecule has 0 saturated heterocycles. The van der Waals surface area contributed by atoms with Gasteiger partial charge in [0, 0.05) is 19.5 Å². The van der Waals surface area contributed by atoms with Crippen molar-refractivity contribution in [2.24, 2.45) is 0 Å². The molecule has 0 aliphatic rings. The fraction of sp³-hybridized carbons (Fsp3) is 0.100. The van der Waals surface area contributed by atoms with Crippen molar-refractivity contribution in [2.45, 2.75) is 0 Å². The Kier molecular flexibility index (Phi) is 3.23. The monoisotopic (exact) mass is 161 g/mol. The molecule has 1 aromatic heterocycles. The molecule has 0 unspecified atom stereocenters. The largest absolute Gasteiger partial charge is 0.400 e. The minimum Gasteiger partial charge on any atom is -0.400 e. The van der Waals surface area contributed by atoms with E-state index in [0.717, 1.165) is 7.11 Å². The van der Waals surface area contributed by atoms with Crippen molar-refractivity contribution in [3.63, 3.8) is 0 Å². The van der Waals surface area contributed by atoms with E-state index >= 15 is 0 Å². The Morgan fingerprint density at radius 2 is 1.67 bits per heavy atom. The Morgan fingerprint density at radius 3 is 2.33 bits per heavy atom. The van der Waals surface area contributed by atoms with Crippen LogP contribution in [0, 0.1) is 0 Å². The molecule has 0 aliphatic carbocycles. The SMILES string of the molecule is CO.c1ccc2cnccc2c1. The predicted octanol–water partition coefficient (Wildman–Crippen LogP) is 1.84. The van der Waals surface area contributed by atoms with Crippen molar-refractivity contribution in [1.29, 1.82) is 0 Å². The lowest BCUT2D eigenvalue weighted by Crippen LogP contribution is -1.71. The van der Waals surface area contributed by atoms with E-state index in [-0.39, 0.29) is 0 Å². The average Bonchev–Trinajstić information content (AvgIpc) is 2.21. The Hall–Kier alpha value is -1.41. The van der Waals surface area contributed by atoms with E-state index in [4.69, 9.17) is 5.11 Å². The van der Waals surface area contributed by atoms with Crippen LogP contribution in [-0.4, -0.2) is 17.2 Å². The zero-order valence-electron chi connectivity index (χ0n) is 6.94. The number of hydrogen-bond acceptors (Lipinski definition) is 2. The highest BCUT2D eigenvalue weighted by Gasteiger charge is 1.86. The van der Waals surface area contributed by atoms with Gasteiger partial charge in [0.25, 0.3) is 0 Å². The number of aromatic nitrogens is 1. The number of hydrogen-bond donors (Lipinski definition) is 1. The summed E-state index contributed by atoms with van der Waals surface area (Å²) >= 11 is 0. The summed E-state index contributed by atoms with van der Waals surface area (Å²) in [6, 6.07) is 10.2. The van der Waals surface area contributed by atoms with Gasteiger partial charge in [-0.2, -0.15) is 0 Å². The summed E-state index contributed by atoms with van der Waals surface area (Å²) in [4.78, 5) is 4.01. The molecule has 0 amide bonds. The number of fused-ring (bicyclic) bond motifs is 1. The standard InChI is InChI=1S/C9H7N.CH4O/c1-2-4-9-7-10-6-5-8(9)3-1;1-2/h1-7H;2H,1H3. The van der Waals surface area contributed by atoms with E-state index in [1.54, 1.807) is 0 Å². The number of benzene rings is 1. The molecule has 2 aromatic rings. The molecule has 1 aromatic carbocycles. The number of nitrogens with zero attached hydrogens (tertiary/aromatic N) is 1. The molecular formula is C10H11NO. The van der Waals surface area contributed by atoms with E-state index in [9.17, 15) is 0 Å². The van der Waals surface area contributed by atoms with Crippen LogP contribution in [0.3, 0.4) is 0 Å². The molecule has 1 heterocycles. The van der Waals surface area contributed by atoms with Gasteiger partial charge in [-0.25, -0.2) is 0 Å². The molecule has 62 valence electrons. The molecule has 0 atom stereocenters. The molecule has 0 bridgehead atoms. The second-order valence-corrected chi connectivity index (χ2v) is 2.22. The molecule has 12 heavy (non-hydrogen) atoms. The van der Waals surface area contributed by atoms with Crippen LogP contribution < -0.4 is 0 Å². The summed E-state index contributed by atoms with van der Waals surface area (Å²) in [5, 5.41) is 9.45. The molecule has 0 fully saturated rings. The van der Waals surface area contributed by atoms with E-state index in [2.05, 4.69) is 17.1 Å². The van der Waals surface area contributed by atoms with Crippen LogP contribution >= 0.6 is 0 Å². The first-order valence-corrected chi connectivity index (χ1v) is 3.70. The number of aliphatic hydroxyl groups excluding tert-OH is 1. The van der Waals surface area contributed by atoms with Gasteiger partial charge in [0.2, 0.25) is 0 Å². The maximum Gasteiger partial charge on any atom is 0.0346 e. The Morgan fingerprint density at radius 1 is 1.00 bits per heavy atom. The van der Waals surface area contributed by atoms with Gasteiger partial charge in [-0.3, -0.25) is 4.98 Å². The molecule has 0 spiro atoms. The fourth-order valence-electron chi connectivity index (χ4n) is 1.03. The average molecular weight is 161 g/mol. The minimum atomic E-state index is 1.00. The van der Waals surface area contributed by atoms with Crippen LogP contribution in [0.2, 0.25) is 0 Å². The fourth-order valence-corrected chi connectivity index (χ4v) is 1.03. The first-order chi connectivity index (χ1) is 5.97. The van der Waals surface area contributed by atoms with Crippen molar-refractivity contribution < 1.29 is 5.11 Å². The number of pyridine rings is 1. The zero-order chi connectivity index (χ0) is 8.81. The first-order valence-electron chi connectivity index (χ1n) is 3.70. The highest BCUT2D eigenvalue weighted by Crippen LogP contribution is 2.09. The van der Waals surface area contributed by atoms with Crippen LogP contribution in [-0.2, 0) is 0 Å². The highest BCUT2D eigenvalue weighted by molar-refractivity contribution is 5.80. The third-order valence-corrected chi connectivity index (χ3v) is 1.55. The molecule has 2 heteroatoms. The topological polar surface area (TPSA) is 33.1 Å². The summed E-state index contributed by atoms with van der Waals surface area (Å²) in [6.07, 6.45) is 3.68. The third kappa shape index (κ3) is 1.80.